The molecule has 0 spiro atoms. The van der Waals surface area contributed by atoms with Crippen molar-refractivity contribution in [1.29, 1.82) is 5.26 Å². The molecule has 2 N–H and O–H groups in total. The van der Waals surface area contributed by atoms with Crippen LogP contribution in [0, 0.1) is 11.3 Å². The number of nitriles is 1. The van der Waals surface area contributed by atoms with Gasteiger partial charge in [-0.2, -0.15) is 5.26 Å². The summed E-state index contributed by atoms with van der Waals surface area (Å²) in [6.07, 6.45) is 0. The quantitative estimate of drug-likeness (QED) is 0.747. The van der Waals surface area contributed by atoms with Crippen LogP contribution in [0.2, 0.25) is 0 Å². The Morgan fingerprint density at radius 2 is 2.11 bits per heavy atom. The van der Waals surface area contributed by atoms with Crippen LogP contribution < -0.4 is 15.4 Å². The van der Waals surface area contributed by atoms with Crippen LogP contribution in [0.25, 0.3) is 0 Å². The van der Waals surface area contributed by atoms with E-state index in [1.807, 2.05) is 23.6 Å². The summed E-state index contributed by atoms with van der Waals surface area (Å²) in [5, 5.41) is 16.4. The summed E-state index contributed by atoms with van der Waals surface area (Å²) in [5.41, 5.74) is 0.961. The topological polar surface area (TPSA) is 100 Å². The lowest BCUT2D eigenvalue weighted by atomic mass is 10.0. The Morgan fingerprint density at radius 1 is 1.30 bits per heavy atom. The van der Waals surface area contributed by atoms with Crippen LogP contribution in [0.1, 0.15) is 23.4 Å². The zero-order valence-corrected chi connectivity index (χ0v) is 15.3. The van der Waals surface area contributed by atoms with Crippen molar-refractivity contribution in [1.82, 2.24) is 10.6 Å². The molecule has 0 bridgehead atoms. The van der Waals surface area contributed by atoms with Crippen molar-refractivity contribution in [3.05, 3.63) is 63.5 Å². The summed E-state index contributed by atoms with van der Waals surface area (Å²) in [4.78, 5) is 25.5. The van der Waals surface area contributed by atoms with Gasteiger partial charge in [0.25, 0.3) is 0 Å². The Morgan fingerprint density at radius 3 is 2.81 bits per heavy atom. The molecule has 1 aromatic carbocycles. The average molecular weight is 383 g/mol. The van der Waals surface area contributed by atoms with Gasteiger partial charge in [-0.25, -0.2) is 9.59 Å². The van der Waals surface area contributed by atoms with E-state index in [4.69, 9.17) is 9.47 Å². The Bertz CT molecular complexity index is 915. The highest BCUT2D eigenvalue weighted by molar-refractivity contribution is 7.10. The number of carbonyl (C=O) groups is 2. The van der Waals surface area contributed by atoms with Crippen LogP contribution in [0.4, 0.5) is 4.79 Å². The minimum atomic E-state index is -0.623. The fraction of sp³-hybridized carbons (Fsp3) is 0.211. The fourth-order valence-electron chi connectivity index (χ4n) is 2.69. The highest BCUT2D eigenvalue weighted by Crippen LogP contribution is 2.31. The highest BCUT2D eigenvalue weighted by Gasteiger charge is 2.34. The number of ether oxygens (including phenoxy) is 2. The lowest BCUT2D eigenvalue weighted by Crippen LogP contribution is -2.47. The van der Waals surface area contributed by atoms with Crippen LogP contribution in [0.3, 0.4) is 0 Å². The van der Waals surface area contributed by atoms with Crippen molar-refractivity contribution in [2.45, 2.75) is 13.0 Å². The molecular weight excluding hydrogens is 366 g/mol. The lowest BCUT2D eigenvalue weighted by Gasteiger charge is -2.28. The van der Waals surface area contributed by atoms with Gasteiger partial charge >= 0.3 is 12.0 Å². The number of thiophene rings is 1. The number of carbonyl (C=O) groups excluding carboxylic acids is 2. The number of benzene rings is 1. The summed E-state index contributed by atoms with van der Waals surface area (Å²) >= 11 is 1.42. The van der Waals surface area contributed by atoms with E-state index in [1.165, 1.54) is 11.3 Å². The molecule has 27 heavy (non-hydrogen) atoms. The van der Waals surface area contributed by atoms with Crippen LogP contribution >= 0.6 is 11.3 Å². The molecule has 138 valence electrons. The van der Waals surface area contributed by atoms with Crippen LogP contribution in [0.5, 0.6) is 5.75 Å². The number of hydrogen-bond donors (Lipinski definition) is 2. The first-order valence-corrected chi connectivity index (χ1v) is 9.15. The van der Waals surface area contributed by atoms with E-state index < -0.39 is 18.0 Å². The zero-order valence-electron chi connectivity index (χ0n) is 14.5. The summed E-state index contributed by atoms with van der Waals surface area (Å²) < 4.78 is 10.9. The van der Waals surface area contributed by atoms with Crippen molar-refractivity contribution in [3.63, 3.8) is 0 Å². The van der Waals surface area contributed by atoms with Crippen molar-refractivity contribution in [2.24, 2.45) is 0 Å². The third-order valence-corrected chi connectivity index (χ3v) is 4.79. The molecule has 0 saturated carbocycles. The Balaban J connectivity index is 1.95. The average Bonchev–Trinajstić information content (AvgIpc) is 3.21. The number of rotatable bonds is 6. The molecule has 0 unspecified atom stereocenters. The number of amides is 2. The van der Waals surface area contributed by atoms with Crippen LogP contribution in [-0.2, 0) is 9.53 Å². The molecule has 1 aliphatic heterocycles. The van der Waals surface area contributed by atoms with Gasteiger partial charge in [-0.15, -0.1) is 11.3 Å². The molecule has 0 radical (unpaired) electrons. The lowest BCUT2D eigenvalue weighted by molar-refractivity contribution is -0.139. The highest BCUT2D eigenvalue weighted by atomic mass is 32.1. The fourth-order valence-corrected chi connectivity index (χ4v) is 3.47. The molecule has 0 aliphatic carbocycles. The van der Waals surface area contributed by atoms with E-state index in [0.29, 0.717) is 17.0 Å². The van der Waals surface area contributed by atoms with Gasteiger partial charge in [-0.05, 0) is 30.5 Å². The molecular formula is C19H17N3O4S. The van der Waals surface area contributed by atoms with E-state index in [1.54, 1.807) is 31.2 Å². The molecule has 0 fully saturated rings. The number of urea groups is 1. The third kappa shape index (κ3) is 4.10. The zero-order chi connectivity index (χ0) is 19.2. The largest absolute Gasteiger partial charge is 0.486 e. The van der Waals surface area contributed by atoms with Gasteiger partial charge in [-0.1, -0.05) is 18.2 Å². The normalized spacial score (nSPS) is 16.1. The molecule has 8 heteroatoms. The number of hydrogen-bond acceptors (Lipinski definition) is 6. The minimum Gasteiger partial charge on any atom is -0.486 e. The van der Waals surface area contributed by atoms with Gasteiger partial charge in [0.15, 0.2) is 0 Å². The van der Waals surface area contributed by atoms with Crippen LogP contribution in [-0.4, -0.2) is 25.2 Å². The second-order valence-corrected chi connectivity index (χ2v) is 6.54. The van der Waals surface area contributed by atoms with Crippen molar-refractivity contribution < 1.29 is 19.1 Å². The number of nitrogens with zero attached hydrogens (tertiary/aromatic N) is 1. The predicted molar refractivity (Wildman–Crippen MR) is 99.0 cm³/mol. The minimum absolute atomic E-state index is 0.0812. The number of para-hydroxylation sites is 1. The smallest absolute Gasteiger partial charge is 0.338 e. The summed E-state index contributed by atoms with van der Waals surface area (Å²) in [6.45, 7) is 1.84. The SMILES string of the molecule is CCOC(=O)C1=C(COc2ccccc2C#N)NC(=O)N[C@@H]1c1cccs1. The van der Waals surface area contributed by atoms with Gasteiger partial charge in [0.2, 0.25) is 0 Å². The van der Waals surface area contributed by atoms with E-state index in [9.17, 15) is 14.9 Å². The van der Waals surface area contributed by atoms with Gasteiger partial charge < -0.3 is 20.1 Å². The van der Waals surface area contributed by atoms with Crippen molar-refractivity contribution in [3.8, 4) is 11.8 Å². The molecule has 2 amide bonds. The van der Waals surface area contributed by atoms with Gasteiger partial charge in [0.05, 0.1) is 29.5 Å². The molecule has 7 nitrogen and oxygen atoms in total. The molecule has 3 rings (SSSR count). The summed E-state index contributed by atoms with van der Waals surface area (Å²) in [7, 11) is 0. The Kier molecular flexibility index (Phi) is 5.74. The third-order valence-electron chi connectivity index (χ3n) is 3.86. The summed E-state index contributed by atoms with van der Waals surface area (Å²) in [6, 6.07) is 11.4. The molecule has 1 aromatic heterocycles. The molecule has 0 saturated heterocycles. The Hall–Kier alpha value is -3.31. The first kappa shape index (κ1) is 18.5. The van der Waals surface area contributed by atoms with Crippen molar-refractivity contribution in [2.75, 3.05) is 13.2 Å². The van der Waals surface area contributed by atoms with Crippen molar-refractivity contribution >= 4 is 23.3 Å². The van der Waals surface area contributed by atoms with E-state index in [2.05, 4.69) is 10.6 Å². The number of esters is 1. The van der Waals surface area contributed by atoms with Crippen LogP contribution in [0.15, 0.2) is 53.0 Å². The first-order valence-electron chi connectivity index (χ1n) is 8.27. The van der Waals surface area contributed by atoms with E-state index in [-0.39, 0.29) is 18.8 Å². The Labute approximate surface area is 160 Å². The maximum Gasteiger partial charge on any atom is 0.338 e. The second kappa shape index (κ2) is 8.38. The van der Waals surface area contributed by atoms with E-state index in [0.717, 1.165) is 4.88 Å². The monoisotopic (exact) mass is 383 g/mol. The van der Waals surface area contributed by atoms with Gasteiger partial charge in [0, 0.05) is 4.88 Å². The first-order chi connectivity index (χ1) is 13.1. The van der Waals surface area contributed by atoms with Gasteiger partial charge in [0.1, 0.15) is 18.4 Å². The molecule has 2 heterocycles. The molecule has 2 aromatic rings. The van der Waals surface area contributed by atoms with Gasteiger partial charge in [-0.3, -0.25) is 0 Å². The number of nitrogens with one attached hydrogen (secondary N) is 2. The molecule has 1 atom stereocenters. The maximum absolute atomic E-state index is 12.6. The van der Waals surface area contributed by atoms with E-state index >= 15 is 0 Å². The standard InChI is InChI=1S/C19H17N3O4S/c1-2-25-18(23)16-13(11-26-14-7-4-3-6-12(14)10-20)21-19(24)22-17(16)15-8-5-9-27-15/h3-9,17H,2,11H2,1H3,(H2,21,22,24)/t17-/m1/s1. The second-order valence-electron chi connectivity index (χ2n) is 5.56. The molecule has 1 aliphatic rings. The summed E-state index contributed by atoms with van der Waals surface area (Å²) in [5.74, 6) is -0.160. The maximum atomic E-state index is 12.6. The predicted octanol–water partition coefficient (Wildman–Crippen LogP) is 2.87.